The van der Waals surface area contributed by atoms with Crippen LogP contribution < -0.4 is 5.73 Å². The molecule has 0 bridgehead atoms. The highest BCUT2D eigenvalue weighted by molar-refractivity contribution is 5.22. The van der Waals surface area contributed by atoms with Gasteiger partial charge in [-0.1, -0.05) is 0 Å². The molecule has 2 aromatic rings. The van der Waals surface area contributed by atoms with Crippen LogP contribution in [-0.4, -0.2) is 19.9 Å². The van der Waals surface area contributed by atoms with E-state index in [9.17, 15) is 0 Å². The first kappa shape index (κ1) is 9.05. The maximum atomic E-state index is 5.21. The molecule has 66 valence electrons. The molecule has 2 aromatic heterocycles. The summed E-state index contributed by atoms with van der Waals surface area (Å²) in [7, 11) is 0. The third kappa shape index (κ3) is 4.41. The summed E-state index contributed by atoms with van der Waals surface area (Å²) in [5, 5.41) is 0. The van der Waals surface area contributed by atoms with Gasteiger partial charge in [0.1, 0.15) is 18.5 Å². The molecule has 5 nitrogen and oxygen atoms in total. The summed E-state index contributed by atoms with van der Waals surface area (Å²) in [6, 6.07) is 3.42. The summed E-state index contributed by atoms with van der Waals surface area (Å²) in [5.41, 5.74) is 5.21. The van der Waals surface area contributed by atoms with Crippen molar-refractivity contribution in [3.63, 3.8) is 0 Å². The van der Waals surface area contributed by atoms with E-state index >= 15 is 0 Å². The number of nitrogens with zero attached hydrogens (tertiary/aromatic N) is 4. The average molecular weight is 175 g/mol. The smallest absolute Gasteiger partial charge is 0.126 e. The highest BCUT2D eigenvalue weighted by Gasteiger charge is 1.74. The molecule has 0 saturated heterocycles. The lowest BCUT2D eigenvalue weighted by atomic mass is 10.6. The van der Waals surface area contributed by atoms with Gasteiger partial charge in [-0.05, 0) is 12.1 Å². The lowest BCUT2D eigenvalue weighted by molar-refractivity contribution is 1.17. The summed E-state index contributed by atoms with van der Waals surface area (Å²) in [5.74, 6) is 0.509. The van der Waals surface area contributed by atoms with Gasteiger partial charge in [0.2, 0.25) is 0 Å². The van der Waals surface area contributed by atoms with Crippen molar-refractivity contribution in [3.8, 4) is 0 Å². The van der Waals surface area contributed by atoms with Gasteiger partial charge in [0.05, 0.1) is 0 Å². The number of nitrogens with two attached hydrogens (primary N) is 1. The number of aromatic nitrogens is 4. The van der Waals surface area contributed by atoms with Crippen molar-refractivity contribution >= 4 is 5.82 Å². The predicted molar refractivity (Wildman–Crippen MR) is 48.5 cm³/mol. The topological polar surface area (TPSA) is 77.6 Å². The minimum Gasteiger partial charge on any atom is -0.384 e. The zero-order valence-electron chi connectivity index (χ0n) is 6.91. The van der Waals surface area contributed by atoms with E-state index in [1.807, 2.05) is 0 Å². The number of rotatable bonds is 0. The maximum absolute atomic E-state index is 5.21. The van der Waals surface area contributed by atoms with Gasteiger partial charge in [0.25, 0.3) is 0 Å². The van der Waals surface area contributed by atoms with Crippen LogP contribution in [0.1, 0.15) is 0 Å². The van der Waals surface area contributed by atoms with E-state index < -0.39 is 0 Å². The molecule has 0 aliphatic rings. The van der Waals surface area contributed by atoms with Gasteiger partial charge >= 0.3 is 0 Å². The molecule has 0 aliphatic heterocycles. The zero-order chi connectivity index (χ0) is 9.36. The predicted octanol–water partition coefficient (Wildman–Crippen LogP) is 0.535. The Bertz CT molecular complexity index is 283. The third-order valence-electron chi connectivity index (χ3n) is 1.08. The van der Waals surface area contributed by atoms with Crippen LogP contribution in [0.15, 0.2) is 43.4 Å². The largest absolute Gasteiger partial charge is 0.384 e. The van der Waals surface area contributed by atoms with Gasteiger partial charge in [0.15, 0.2) is 0 Å². The molecule has 2 N–H and O–H groups in total. The SMILES string of the molecule is Nc1ccncn1.c1cncnc1. The van der Waals surface area contributed by atoms with Gasteiger partial charge in [-0.25, -0.2) is 19.9 Å². The van der Waals surface area contributed by atoms with E-state index in [4.69, 9.17) is 5.73 Å². The van der Waals surface area contributed by atoms with Gasteiger partial charge in [0, 0.05) is 18.6 Å². The molecule has 0 atom stereocenters. The van der Waals surface area contributed by atoms with Crippen molar-refractivity contribution < 1.29 is 0 Å². The lowest BCUT2D eigenvalue weighted by Gasteiger charge is -1.82. The minimum absolute atomic E-state index is 0.509. The highest BCUT2D eigenvalue weighted by Crippen LogP contribution is 1.85. The van der Waals surface area contributed by atoms with Crippen LogP contribution in [0.5, 0.6) is 0 Å². The number of nitrogen functional groups attached to an aromatic ring is 1. The number of anilines is 1. The van der Waals surface area contributed by atoms with Crippen LogP contribution in [0.3, 0.4) is 0 Å². The monoisotopic (exact) mass is 175 g/mol. The summed E-state index contributed by atoms with van der Waals surface area (Å²) in [6.45, 7) is 0. The molecule has 0 aliphatic carbocycles. The summed E-state index contributed by atoms with van der Waals surface area (Å²) in [4.78, 5) is 14.6. The highest BCUT2D eigenvalue weighted by atomic mass is 14.9. The Balaban J connectivity index is 0.000000132. The maximum Gasteiger partial charge on any atom is 0.126 e. The van der Waals surface area contributed by atoms with E-state index in [2.05, 4.69) is 19.9 Å². The fraction of sp³-hybridized carbons (Fsp3) is 0. The second kappa shape index (κ2) is 5.59. The molecule has 0 radical (unpaired) electrons. The van der Waals surface area contributed by atoms with Crippen molar-refractivity contribution in [2.24, 2.45) is 0 Å². The Kier molecular flexibility index (Phi) is 3.89. The molecule has 0 saturated carbocycles. The molecule has 13 heavy (non-hydrogen) atoms. The third-order valence-corrected chi connectivity index (χ3v) is 1.08. The second-order valence-corrected chi connectivity index (χ2v) is 2.04. The molecular weight excluding hydrogens is 166 g/mol. The minimum atomic E-state index is 0.509. The Morgan fingerprint density at radius 3 is 1.85 bits per heavy atom. The van der Waals surface area contributed by atoms with Crippen molar-refractivity contribution in [2.75, 3.05) is 5.73 Å². The van der Waals surface area contributed by atoms with Gasteiger partial charge in [-0.3, -0.25) is 0 Å². The normalized spacial score (nSPS) is 8.31. The Morgan fingerprint density at radius 1 is 0.923 bits per heavy atom. The van der Waals surface area contributed by atoms with Crippen molar-refractivity contribution in [2.45, 2.75) is 0 Å². The summed E-state index contributed by atoms with van der Waals surface area (Å²) >= 11 is 0. The van der Waals surface area contributed by atoms with E-state index in [0.29, 0.717) is 5.82 Å². The molecule has 0 fully saturated rings. The van der Waals surface area contributed by atoms with Gasteiger partial charge in [-0.2, -0.15) is 0 Å². The molecule has 2 heterocycles. The van der Waals surface area contributed by atoms with Crippen LogP contribution in [0, 0.1) is 0 Å². The lowest BCUT2D eigenvalue weighted by Crippen LogP contribution is -1.87. The molecule has 0 aromatic carbocycles. The van der Waals surface area contributed by atoms with Crippen molar-refractivity contribution in [1.82, 2.24) is 19.9 Å². The van der Waals surface area contributed by atoms with Crippen LogP contribution in [0.2, 0.25) is 0 Å². The van der Waals surface area contributed by atoms with Gasteiger partial charge in [-0.15, -0.1) is 0 Å². The van der Waals surface area contributed by atoms with Crippen molar-refractivity contribution in [3.05, 3.63) is 43.4 Å². The van der Waals surface area contributed by atoms with Gasteiger partial charge < -0.3 is 5.73 Å². The molecule has 0 unspecified atom stereocenters. The van der Waals surface area contributed by atoms with E-state index in [1.165, 1.54) is 12.7 Å². The van der Waals surface area contributed by atoms with Crippen LogP contribution in [-0.2, 0) is 0 Å². The Hall–Kier alpha value is -2.04. The standard InChI is InChI=1S/C4H5N3.C4H4N2/c5-4-1-2-6-3-7-4;1-2-5-4-6-3-1/h1-3H,(H2,5,6,7);1-4H. The first-order valence-electron chi connectivity index (χ1n) is 3.61. The first-order valence-corrected chi connectivity index (χ1v) is 3.61. The fourth-order valence-electron chi connectivity index (χ4n) is 0.554. The zero-order valence-corrected chi connectivity index (χ0v) is 6.91. The van der Waals surface area contributed by atoms with E-state index in [-0.39, 0.29) is 0 Å². The number of hydrogen-bond donors (Lipinski definition) is 1. The molecule has 2 rings (SSSR count). The molecular formula is C8H9N5. The quantitative estimate of drug-likeness (QED) is 0.632. The first-order chi connectivity index (χ1) is 6.39. The van der Waals surface area contributed by atoms with Crippen LogP contribution in [0.25, 0.3) is 0 Å². The fourth-order valence-corrected chi connectivity index (χ4v) is 0.554. The Labute approximate surface area is 75.7 Å². The van der Waals surface area contributed by atoms with Crippen LogP contribution >= 0.6 is 0 Å². The van der Waals surface area contributed by atoms with E-state index in [1.54, 1.807) is 30.7 Å². The summed E-state index contributed by atoms with van der Waals surface area (Å²) in [6.07, 6.45) is 7.89. The molecule has 0 spiro atoms. The van der Waals surface area contributed by atoms with Crippen molar-refractivity contribution in [1.29, 1.82) is 0 Å². The molecule has 0 amide bonds. The second-order valence-electron chi connectivity index (χ2n) is 2.04. The van der Waals surface area contributed by atoms with E-state index in [0.717, 1.165) is 0 Å². The average Bonchev–Trinajstić information content (AvgIpc) is 2.22. The number of hydrogen-bond acceptors (Lipinski definition) is 5. The van der Waals surface area contributed by atoms with Crippen LogP contribution in [0.4, 0.5) is 5.82 Å². The Morgan fingerprint density at radius 2 is 1.62 bits per heavy atom. The summed E-state index contributed by atoms with van der Waals surface area (Å²) < 4.78 is 0. The molecule has 5 heteroatoms.